The van der Waals surface area contributed by atoms with Gasteiger partial charge in [-0.3, -0.25) is 4.79 Å². The summed E-state index contributed by atoms with van der Waals surface area (Å²) in [5.74, 6) is 0.715. The van der Waals surface area contributed by atoms with Gasteiger partial charge in [0.1, 0.15) is 5.75 Å². The van der Waals surface area contributed by atoms with E-state index in [-0.39, 0.29) is 5.43 Å². The highest BCUT2D eigenvalue weighted by molar-refractivity contribution is 5.61. The van der Waals surface area contributed by atoms with Crippen molar-refractivity contribution < 1.29 is 4.74 Å². The lowest BCUT2D eigenvalue weighted by molar-refractivity contribution is 0.415. The molecule has 18 heavy (non-hydrogen) atoms. The van der Waals surface area contributed by atoms with Crippen molar-refractivity contribution in [2.45, 2.75) is 13.8 Å². The molecule has 0 radical (unpaired) electrons. The number of aromatic nitrogens is 1. The monoisotopic (exact) mass is 244 g/mol. The molecule has 2 rings (SSSR count). The van der Waals surface area contributed by atoms with Gasteiger partial charge in [-0.2, -0.15) is 0 Å². The van der Waals surface area contributed by atoms with Crippen LogP contribution in [0, 0.1) is 13.8 Å². The van der Waals surface area contributed by atoms with E-state index in [4.69, 9.17) is 10.5 Å². The van der Waals surface area contributed by atoms with Crippen LogP contribution in [0.25, 0.3) is 5.69 Å². The fraction of sp³-hybridized carbons (Fsp3) is 0.214. The Hall–Kier alpha value is -2.23. The van der Waals surface area contributed by atoms with Crippen LogP contribution in [-0.2, 0) is 0 Å². The normalized spacial score (nSPS) is 10.4. The summed E-state index contributed by atoms with van der Waals surface area (Å²) >= 11 is 0. The smallest absolute Gasteiger partial charge is 0.182 e. The van der Waals surface area contributed by atoms with E-state index in [1.54, 1.807) is 25.3 Å². The summed E-state index contributed by atoms with van der Waals surface area (Å²) in [7, 11) is 1.60. The lowest BCUT2D eigenvalue weighted by Crippen LogP contribution is -2.12. The third-order valence-electron chi connectivity index (χ3n) is 2.88. The number of hydrogen-bond donors (Lipinski definition) is 1. The molecule has 2 aromatic rings. The van der Waals surface area contributed by atoms with E-state index in [1.807, 2.05) is 30.5 Å². The molecule has 0 aliphatic heterocycles. The zero-order valence-electron chi connectivity index (χ0n) is 10.7. The maximum atomic E-state index is 11.4. The number of hydrogen-bond acceptors (Lipinski definition) is 3. The Balaban J connectivity index is 2.66. The minimum Gasteiger partial charge on any atom is -0.497 e. The molecule has 0 atom stereocenters. The zero-order chi connectivity index (χ0) is 13.3. The van der Waals surface area contributed by atoms with Gasteiger partial charge in [-0.05, 0) is 26.0 Å². The van der Waals surface area contributed by atoms with E-state index < -0.39 is 0 Å². The van der Waals surface area contributed by atoms with Gasteiger partial charge in [0.2, 0.25) is 0 Å². The molecule has 0 aliphatic rings. The second kappa shape index (κ2) is 4.56. The van der Waals surface area contributed by atoms with Gasteiger partial charge in [-0.1, -0.05) is 0 Å². The van der Waals surface area contributed by atoms with Crippen molar-refractivity contribution in [1.29, 1.82) is 0 Å². The summed E-state index contributed by atoms with van der Waals surface area (Å²) in [6, 6.07) is 8.70. The average molecular weight is 244 g/mol. The second-order valence-corrected chi connectivity index (χ2v) is 4.23. The van der Waals surface area contributed by atoms with Crippen molar-refractivity contribution in [1.82, 2.24) is 4.57 Å². The van der Waals surface area contributed by atoms with E-state index in [2.05, 4.69) is 0 Å². The van der Waals surface area contributed by atoms with E-state index in [9.17, 15) is 4.79 Å². The molecule has 0 unspecified atom stereocenters. The van der Waals surface area contributed by atoms with Crippen LogP contribution in [0.15, 0.2) is 35.1 Å². The maximum absolute atomic E-state index is 11.4. The first kappa shape index (κ1) is 12.2. The number of nitrogens with two attached hydrogens (primary N) is 1. The van der Waals surface area contributed by atoms with E-state index in [1.165, 1.54) is 0 Å². The summed E-state index contributed by atoms with van der Waals surface area (Å²) in [5, 5.41) is 0. The SMILES string of the molecule is COc1ccc(-n2c(C)cc(=O)cc2C)c(N)c1. The summed E-state index contributed by atoms with van der Waals surface area (Å²) < 4.78 is 7.08. The fourth-order valence-corrected chi connectivity index (χ4v) is 2.10. The molecule has 94 valence electrons. The number of benzene rings is 1. The Morgan fingerprint density at radius 3 is 2.22 bits per heavy atom. The fourth-order valence-electron chi connectivity index (χ4n) is 2.10. The van der Waals surface area contributed by atoms with Crippen molar-refractivity contribution in [3.05, 3.63) is 51.9 Å². The van der Waals surface area contributed by atoms with Gasteiger partial charge in [0, 0.05) is 29.6 Å². The zero-order valence-corrected chi connectivity index (χ0v) is 10.7. The molecular weight excluding hydrogens is 228 g/mol. The number of rotatable bonds is 2. The Morgan fingerprint density at radius 2 is 1.72 bits per heavy atom. The largest absolute Gasteiger partial charge is 0.497 e. The van der Waals surface area contributed by atoms with Crippen molar-refractivity contribution in [3.8, 4) is 11.4 Å². The lowest BCUT2D eigenvalue weighted by Gasteiger charge is -2.16. The van der Waals surface area contributed by atoms with Gasteiger partial charge in [-0.15, -0.1) is 0 Å². The van der Waals surface area contributed by atoms with Crippen LogP contribution in [0.2, 0.25) is 0 Å². The first-order valence-corrected chi connectivity index (χ1v) is 5.67. The highest BCUT2D eigenvalue weighted by Gasteiger charge is 2.08. The topological polar surface area (TPSA) is 57.2 Å². The van der Waals surface area contributed by atoms with Crippen LogP contribution in [0.5, 0.6) is 5.75 Å². The first-order valence-electron chi connectivity index (χ1n) is 5.67. The van der Waals surface area contributed by atoms with Gasteiger partial charge in [-0.25, -0.2) is 0 Å². The molecule has 2 N–H and O–H groups in total. The highest BCUT2D eigenvalue weighted by atomic mass is 16.5. The van der Waals surface area contributed by atoms with E-state index in [0.29, 0.717) is 11.4 Å². The number of aryl methyl sites for hydroxylation is 2. The number of nitrogen functional groups attached to an aromatic ring is 1. The average Bonchev–Trinajstić information content (AvgIpc) is 2.29. The molecule has 1 heterocycles. The number of methoxy groups -OCH3 is 1. The number of pyridine rings is 1. The Bertz CT molecular complexity index is 618. The number of ether oxygens (including phenoxy) is 1. The van der Waals surface area contributed by atoms with E-state index in [0.717, 1.165) is 17.1 Å². The third kappa shape index (κ3) is 2.09. The summed E-state index contributed by atoms with van der Waals surface area (Å²) in [6.45, 7) is 3.77. The summed E-state index contributed by atoms with van der Waals surface area (Å²) in [5.41, 5.74) is 9.22. The molecule has 0 bridgehead atoms. The van der Waals surface area contributed by atoms with Crippen LogP contribution in [-0.4, -0.2) is 11.7 Å². The molecule has 0 aliphatic carbocycles. The molecule has 0 spiro atoms. The first-order chi connectivity index (χ1) is 8.52. The van der Waals surface area contributed by atoms with Crippen molar-refractivity contribution in [2.75, 3.05) is 12.8 Å². The predicted molar refractivity (Wildman–Crippen MR) is 72.5 cm³/mol. The molecule has 0 fully saturated rings. The molecule has 4 heteroatoms. The van der Waals surface area contributed by atoms with Crippen LogP contribution >= 0.6 is 0 Å². The Labute approximate surface area is 106 Å². The quantitative estimate of drug-likeness (QED) is 0.822. The molecule has 4 nitrogen and oxygen atoms in total. The predicted octanol–water partition coefficient (Wildman–Crippen LogP) is 2.05. The van der Waals surface area contributed by atoms with Crippen LogP contribution in [0.1, 0.15) is 11.4 Å². The Kier molecular flexibility index (Phi) is 3.10. The third-order valence-corrected chi connectivity index (χ3v) is 2.88. The van der Waals surface area contributed by atoms with Gasteiger partial charge in [0.25, 0.3) is 0 Å². The number of anilines is 1. The minimum absolute atomic E-state index is 0.00772. The molecule has 0 saturated heterocycles. The standard InChI is InChI=1S/C14H16N2O2/c1-9-6-11(17)7-10(2)16(9)14-5-4-12(18-3)8-13(14)15/h4-8H,15H2,1-3H3. The van der Waals surface area contributed by atoms with Crippen LogP contribution in [0.4, 0.5) is 5.69 Å². The van der Waals surface area contributed by atoms with Gasteiger partial charge >= 0.3 is 0 Å². The summed E-state index contributed by atoms with van der Waals surface area (Å²) in [6.07, 6.45) is 0. The molecular formula is C14H16N2O2. The van der Waals surface area contributed by atoms with Crippen molar-refractivity contribution >= 4 is 5.69 Å². The lowest BCUT2D eigenvalue weighted by atomic mass is 10.2. The van der Waals surface area contributed by atoms with Crippen LogP contribution < -0.4 is 15.9 Å². The molecule has 1 aromatic carbocycles. The molecule has 0 saturated carbocycles. The molecule has 1 aromatic heterocycles. The highest BCUT2D eigenvalue weighted by Crippen LogP contribution is 2.24. The maximum Gasteiger partial charge on any atom is 0.182 e. The van der Waals surface area contributed by atoms with Crippen molar-refractivity contribution in [3.63, 3.8) is 0 Å². The molecule has 0 amide bonds. The van der Waals surface area contributed by atoms with E-state index >= 15 is 0 Å². The van der Waals surface area contributed by atoms with Crippen molar-refractivity contribution in [2.24, 2.45) is 0 Å². The number of nitrogens with zero attached hydrogens (tertiary/aromatic N) is 1. The Morgan fingerprint density at radius 1 is 1.11 bits per heavy atom. The minimum atomic E-state index is 0.00772. The van der Waals surface area contributed by atoms with Gasteiger partial charge in [0.15, 0.2) is 5.43 Å². The van der Waals surface area contributed by atoms with Gasteiger partial charge in [0.05, 0.1) is 18.5 Å². The second-order valence-electron chi connectivity index (χ2n) is 4.23. The summed E-state index contributed by atoms with van der Waals surface area (Å²) in [4.78, 5) is 11.4. The van der Waals surface area contributed by atoms with Gasteiger partial charge < -0.3 is 15.0 Å². The van der Waals surface area contributed by atoms with Crippen LogP contribution in [0.3, 0.4) is 0 Å².